The van der Waals surface area contributed by atoms with E-state index in [0.29, 0.717) is 28.0 Å². The second-order valence-corrected chi connectivity index (χ2v) is 9.40. The number of carbonyl (C=O) groups excluding carboxylic acids is 3. The zero-order chi connectivity index (χ0) is 30.0. The molecule has 0 N–H and O–H groups in total. The predicted molar refractivity (Wildman–Crippen MR) is 153 cm³/mol. The lowest BCUT2D eigenvalue weighted by Gasteiger charge is -2.29. The van der Waals surface area contributed by atoms with Crippen molar-refractivity contribution in [2.24, 2.45) is 0 Å². The Bertz CT molecular complexity index is 1720. The fourth-order valence-electron chi connectivity index (χ4n) is 5.07. The minimum atomic E-state index is -0.851. The number of rotatable bonds is 10. The van der Waals surface area contributed by atoms with E-state index in [-0.39, 0.29) is 31.7 Å². The van der Waals surface area contributed by atoms with Gasteiger partial charge in [-0.2, -0.15) is 0 Å². The van der Waals surface area contributed by atoms with Gasteiger partial charge in [-0.1, -0.05) is 36.4 Å². The van der Waals surface area contributed by atoms with Crippen molar-refractivity contribution in [3.63, 3.8) is 0 Å². The van der Waals surface area contributed by atoms with Gasteiger partial charge in [0.15, 0.2) is 0 Å². The first-order valence-corrected chi connectivity index (χ1v) is 13.1. The van der Waals surface area contributed by atoms with Crippen LogP contribution in [0.1, 0.15) is 44.4 Å². The molecule has 4 aromatic rings. The van der Waals surface area contributed by atoms with Crippen LogP contribution in [0.3, 0.4) is 0 Å². The van der Waals surface area contributed by atoms with Gasteiger partial charge in [0.05, 0.1) is 28.2 Å². The summed E-state index contributed by atoms with van der Waals surface area (Å²) in [5.41, 5.74) is -0.500. The molecule has 0 atom stereocenters. The molecule has 1 aliphatic rings. The van der Waals surface area contributed by atoms with Crippen LogP contribution in [0.25, 0.3) is 10.8 Å². The van der Waals surface area contributed by atoms with E-state index in [4.69, 9.17) is 4.74 Å². The average molecular weight is 569 g/mol. The van der Waals surface area contributed by atoms with Gasteiger partial charge in [0, 0.05) is 35.7 Å². The molecule has 0 saturated heterocycles. The Morgan fingerprint density at radius 3 is 2.17 bits per heavy atom. The maximum atomic E-state index is 13.9. The predicted octanol–water partition coefficient (Wildman–Crippen LogP) is 5.39. The second-order valence-electron chi connectivity index (χ2n) is 9.40. The van der Waals surface area contributed by atoms with Crippen LogP contribution in [0.15, 0.2) is 78.9 Å². The summed E-state index contributed by atoms with van der Waals surface area (Å²) in [4.78, 5) is 64.3. The van der Waals surface area contributed by atoms with Gasteiger partial charge in [-0.3, -0.25) is 39.5 Å². The first-order chi connectivity index (χ1) is 20.2. The van der Waals surface area contributed by atoms with E-state index >= 15 is 0 Å². The van der Waals surface area contributed by atoms with E-state index in [0.717, 1.165) is 28.5 Å². The van der Waals surface area contributed by atoms with E-state index in [2.05, 4.69) is 0 Å². The minimum Gasteiger partial charge on any atom is -0.492 e. The molecule has 12 nitrogen and oxygen atoms in total. The molecular formula is C30H24N4O8. The number of amides is 3. The molecule has 1 heterocycles. The average Bonchev–Trinajstić information content (AvgIpc) is 2.99. The SMILES string of the molecule is CCOc1ccccc1N(CCCN1C(=O)c2cccc3cccc(c23)C1=O)C(=O)c1ccc([N+](=O)[O-])cc1[N+](=O)[O-]. The maximum absolute atomic E-state index is 13.9. The zero-order valence-corrected chi connectivity index (χ0v) is 22.4. The van der Waals surface area contributed by atoms with E-state index in [1.165, 1.54) is 4.90 Å². The van der Waals surface area contributed by atoms with Gasteiger partial charge in [-0.05, 0) is 49.1 Å². The Kier molecular flexibility index (Phi) is 7.61. The number of carbonyl (C=O) groups is 3. The third kappa shape index (κ3) is 5.01. The molecule has 0 radical (unpaired) electrons. The van der Waals surface area contributed by atoms with Crippen LogP contribution in [-0.4, -0.2) is 52.2 Å². The highest BCUT2D eigenvalue weighted by molar-refractivity contribution is 6.25. The molecule has 0 aromatic heterocycles. The number of hydrogen-bond donors (Lipinski definition) is 0. The van der Waals surface area contributed by atoms with Crippen molar-refractivity contribution in [1.82, 2.24) is 4.90 Å². The number of nitro groups is 2. The third-order valence-corrected chi connectivity index (χ3v) is 6.94. The van der Waals surface area contributed by atoms with Gasteiger partial charge in [0.25, 0.3) is 29.1 Å². The van der Waals surface area contributed by atoms with E-state index < -0.39 is 38.9 Å². The number of nitrogens with zero attached hydrogens (tertiary/aromatic N) is 4. The smallest absolute Gasteiger partial charge is 0.289 e. The molecule has 0 saturated carbocycles. The Balaban J connectivity index is 1.47. The molecule has 0 fully saturated rings. The molecular weight excluding hydrogens is 544 g/mol. The number of imide groups is 1. The molecule has 0 bridgehead atoms. The van der Waals surface area contributed by atoms with Gasteiger partial charge in [0.2, 0.25) is 0 Å². The number of hydrogen-bond acceptors (Lipinski definition) is 8. The lowest BCUT2D eigenvalue weighted by Crippen LogP contribution is -2.42. The Morgan fingerprint density at radius 2 is 1.55 bits per heavy atom. The molecule has 42 heavy (non-hydrogen) atoms. The van der Waals surface area contributed by atoms with Crippen molar-refractivity contribution in [3.8, 4) is 5.75 Å². The number of para-hydroxylation sites is 2. The maximum Gasteiger partial charge on any atom is 0.289 e. The lowest BCUT2D eigenvalue weighted by molar-refractivity contribution is -0.394. The van der Waals surface area contributed by atoms with Crippen molar-refractivity contribution in [1.29, 1.82) is 0 Å². The summed E-state index contributed by atoms with van der Waals surface area (Å²) in [5.74, 6) is -1.37. The lowest BCUT2D eigenvalue weighted by atomic mass is 9.94. The molecule has 0 aliphatic carbocycles. The minimum absolute atomic E-state index is 0.0364. The molecule has 1 aliphatic heterocycles. The second kappa shape index (κ2) is 11.5. The van der Waals surface area contributed by atoms with Crippen molar-refractivity contribution in [3.05, 3.63) is 116 Å². The highest BCUT2D eigenvalue weighted by Crippen LogP contribution is 2.34. The van der Waals surface area contributed by atoms with Gasteiger partial charge in [0.1, 0.15) is 11.3 Å². The van der Waals surface area contributed by atoms with Crippen molar-refractivity contribution in [2.45, 2.75) is 13.3 Å². The van der Waals surface area contributed by atoms with Gasteiger partial charge in [-0.15, -0.1) is 0 Å². The van der Waals surface area contributed by atoms with Gasteiger partial charge >= 0.3 is 0 Å². The number of anilines is 1. The summed E-state index contributed by atoms with van der Waals surface area (Å²) in [7, 11) is 0. The highest BCUT2D eigenvalue weighted by atomic mass is 16.6. The molecule has 0 spiro atoms. The first kappa shape index (κ1) is 27.9. The quantitative estimate of drug-likeness (QED) is 0.140. The summed E-state index contributed by atoms with van der Waals surface area (Å²) in [5, 5.41) is 24.4. The largest absolute Gasteiger partial charge is 0.492 e. The molecule has 212 valence electrons. The van der Waals surface area contributed by atoms with Crippen LogP contribution in [-0.2, 0) is 0 Å². The first-order valence-electron chi connectivity index (χ1n) is 13.1. The van der Waals surface area contributed by atoms with Gasteiger partial charge in [-0.25, -0.2) is 0 Å². The van der Waals surface area contributed by atoms with Crippen LogP contribution < -0.4 is 9.64 Å². The number of nitro benzene ring substituents is 2. The molecule has 0 unspecified atom stereocenters. The highest BCUT2D eigenvalue weighted by Gasteiger charge is 2.33. The normalized spacial score (nSPS) is 12.4. The van der Waals surface area contributed by atoms with E-state index in [1.807, 2.05) is 12.1 Å². The van der Waals surface area contributed by atoms with Crippen molar-refractivity contribution in [2.75, 3.05) is 24.6 Å². The molecule has 3 amide bonds. The topological polar surface area (TPSA) is 153 Å². The fraction of sp³-hybridized carbons (Fsp3) is 0.167. The summed E-state index contributed by atoms with van der Waals surface area (Å²) < 4.78 is 5.70. The summed E-state index contributed by atoms with van der Waals surface area (Å²) in [6.07, 6.45) is 0.128. The van der Waals surface area contributed by atoms with Crippen LogP contribution in [0.2, 0.25) is 0 Å². The van der Waals surface area contributed by atoms with Crippen LogP contribution >= 0.6 is 0 Å². The Morgan fingerprint density at radius 1 is 0.881 bits per heavy atom. The van der Waals surface area contributed by atoms with Crippen LogP contribution in [0.4, 0.5) is 17.1 Å². The van der Waals surface area contributed by atoms with Gasteiger partial charge < -0.3 is 9.64 Å². The van der Waals surface area contributed by atoms with E-state index in [9.17, 15) is 34.6 Å². The Hall–Kier alpha value is -5.65. The number of non-ortho nitro benzene ring substituents is 1. The summed E-state index contributed by atoms with van der Waals surface area (Å²) in [6, 6.07) is 19.9. The summed E-state index contributed by atoms with van der Waals surface area (Å²) in [6.45, 7) is 1.94. The number of benzene rings is 4. The van der Waals surface area contributed by atoms with Crippen LogP contribution in [0, 0.1) is 20.2 Å². The Labute approximate surface area is 239 Å². The molecule has 4 aromatic carbocycles. The van der Waals surface area contributed by atoms with Crippen LogP contribution in [0.5, 0.6) is 5.75 Å². The standard InChI is InChI=1S/C30H24N4O8/c1-2-42-26-13-4-3-12-24(26)31(28(35)21-15-14-20(33(38)39)18-25(21)34(40)41)16-7-17-32-29(36)22-10-5-8-19-9-6-11-23(27(19)22)30(32)37/h3-6,8-15,18H,2,7,16-17H2,1H3. The molecule has 12 heteroatoms. The van der Waals surface area contributed by atoms with Crippen molar-refractivity contribution >= 4 is 45.6 Å². The van der Waals surface area contributed by atoms with Crippen molar-refractivity contribution < 1.29 is 29.0 Å². The van der Waals surface area contributed by atoms with E-state index in [1.54, 1.807) is 55.5 Å². The monoisotopic (exact) mass is 568 g/mol. The summed E-state index contributed by atoms with van der Waals surface area (Å²) >= 11 is 0. The molecule has 5 rings (SSSR count). The number of ether oxygens (including phenoxy) is 1. The zero-order valence-electron chi connectivity index (χ0n) is 22.4. The fourth-order valence-corrected chi connectivity index (χ4v) is 5.07. The third-order valence-electron chi connectivity index (χ3n) is 6.94.